The minimum atomic E-state index is 0.778. The van der Waals surface area contributed by atoms with E-state index in [9.17, 15) is 0 Å². The van der Waals surface area contributed by atoms with Crippen LogP contribution in [0.25, 0.3) is 0 Å². The van der Waals surface area contributed by atoms with Crippen molar-refractivity contribution in [1.29, 1.82) is 0 Å². The molecule has 2 bridgehead atoms. The summed E-state index contributed by atoms with van der Waals surface area (Å²) < 4.78 is 0. The third-order valence-electron chi connectivity index (χ3n) is 6.42. The molecule has 0 aromatic carbocycles. The first-order valence-corrected chi connectivity index (χ1v) is 11.2. The van der Waals surface area contributed by atoms with E-state index in [1.165, 1.54) is 109 Å². The molecule has 0 aromatic rings. The van der Waals surface area contributed by atoms with E-state index in [1.807, 2.05) is 0 Å². The van der Waals surface area contributed by atoms with E-state index >= 15 is 0 Å². The molecular formula is C23H43N. The number of likely N-dealkylation sites (N-methyl/N-ethyl adjacent to an activating group) is 1. The average molecular weight is 334 g/mol. The van der Waals surface area contributed by atoms with Crippen LogP contribution in [-0.2, 0) is 0 Å². The number of nitrogens with zero attached hydrogens (tertiary/aromatic N) is 1. The Morgan fingerprint density at radius 1 is 0.792 bits per heavy atom. The molecule has 0 spiro atoms. The van der Waals surface area contributed by atoms with Crippen molar-refractivity contribution in [3.8, 4) is 0 Å². The van der Waals surface area contributed by atoms with Gasteiger partial charge in [-0.3, -0.25) is 4.90 Å². The Morgan fingerprint density at radius 3 is 1.88 bits per heavy atom. The third kappa shape index (κ3) is 7.30. The molecule has 2 aliphatic heterocycles. The number of rotatable bonds is 14. The van der Waals surface area contributed by atoms with Gasteiger partial charge in [-0.25, -0.2) is 0 Å². The van der Waals surface area contributed by atoms with Crippen LogP contribution in [0, 0.1) is 0 Å². The van der Waals surface area contributed by atoms with Gasteiger partial charge < -0.3 is 0 Å². The Bertz CT molecular complexity index is 346. The average Bonchev–Trinajstić information content (AvgIpc) is 2.80. The Kier molecular flexibility index (Phi) is 10.1. The van der Waals surface area contributed by atoms with Gasteiger partial charge in [-0.2, -0.15) is 0 Å². The van der Waals surface area contributed by atoms with Crippen molar-refractivity contribution in [2.24, 2.45) is 0 Å². The SMILES string of the molecule is CCCCCCCCCCCCCCCC1=CC2CCC(C1)N2C. The molecule has 2 atom stereocenters. The van der Waals surface area contributed by atoms with Gasteiger partial charge in [0.2, 0.25) is 0 Å². The molecule has 0 N–H and O–H groups in total. The lowest BCUT2D eigenvalue weighted by Gasteiger charge is -2.30. The largest absolute Gasteiger partial charge is 0.297 e. The van der Waals surface area contributed by atoms with Crippen LogP contribution in [0.4, 0.5) is 0 Å². The van der Waals surface area contributed by atoms with Gasteiger partial charge in [-0.15, -0.1) is 0 Å². The molecule has 0 aromatic heterocycles. The lowest BCUT2D eigenvalue weighted by molar-refractivity contribution is 0.252. The van der Waals surface area contributed by atoms with Gasteiger partial charge in [-0.05, 0) is 39.2 Å². The van der Waals surface area contributed by atoms with Gasteiger partial charge in [0, 0.05) is 12.1 Å². The molecule has 2 aliphatic rings. The summed E-state index contributed by atoms with van der Waals surface area (Å²) in [5.41, 5.74) is 1.78. The first-order chi connectivity index (χ1) is 11.8. The van der Waals surface area contributed by atoms with Crippen LogP contribution in [-0.4, -0.2) is 24.0 Å². The minimum absolute atomic E-state index is 0.778. The van der Waals surface area contributed by atoms with Gasteiger partial charge in [0.1, 0.15) is 0 Å². The predicted molar refractivity (Wildman–Crippen MR) is 108 cm³/mol. The lowest BCUT2D eigenvalue weighted by atomic mass is 9.96. The maximum Gasteiger partial charge on any atom is 0.0281 e. The van der Waals surface area contributed by atoms with Gasteiger partial charge >= 0.3 is 0 Å². The zero-order chi connectivity index (χ0) is 17.0. The number of unbranched alkanes of at least 4 members (excludes halogenated alkanes) is 12. The summed E-state index contributed by atoms with van der Waals surface area (Å²) in [5.74, 6) is 0. The van der Waals surface area contributed by atoms with Crippen molar-refractivity contribution in [2.75, 3.05) is 7.05 Å². The summed E-state index contributed by atoms with van der Waals surface area (Å²) in [6, 6.07) is 1.65. The van der Waals surface area contributed by atoms with Crippen LogP contribution < -0.4 is 0 Å². The van der Waals surface area contributed by atoms with Crippen LogP contribution in [0.1, 0.15) is 116 Å². The van der Waals surface area contributed by atoms with E-state index in [-0.39, 0.29) is 0 Å². The van der Waals surface area contributed by atoms with E-state index in [1.54, 1.807) is 5.57 Å². The second kappa shape index (κ2) is 12.1. The molecule has 0 radical (unpaired) electrons. The summed E-state index contributed by atoms with van der Waals surface area (Å²) in [6.07, 6.45) is 27.2. The van der Waals surface area contributed by atoms with Crippen molar-refractivity contribution >= 4 is 0 Å². The number of hydrogen-bond donors (Lipinski definition) is 0. The molecule has 0 aliphatic carbocycles. The number of hydrogen-bond acceptors (Lipinski definition) is 1. The molecule has 1 saturated heterocycles. The van der Waals surface area contributed by atoms with Crippen molar-refractivity contribution in [2.45, 2.75) is 128 Å². The van der Waals surface area contributed by atoms with Gasteiger partial charge in [-0.1, -0.05) is 95.6 Å². The first-order valence-electron chi connectivity index (χ1n) is 11.2. The van der Waals surface area contributed by atoms with E-state index in [4.69, 9.17) is 0 Å². The molecule has 2 rings (SSSR count). The summed E-state index contributed by atoms with van der Waals surface area (Å²) in [4.78, 5) is 2.60. The van der Waals surface area contributed by atoms with Crippen LogP contribution in [0.3, 0.4) is 0 Å². The summed E-state index contributed by atoms with van der Waals surface area (Å²) in [5, 5.41) is 0. The van der Waals surface area contributed by atoms with Crippen molar-refractivity contribution in [3.63, 3.8) is 0 Å². The second-order valence-electron chi connectivity index (χ2n) is 8.49. The van der Waals surface area contributed by atoms with Crippen molar-refractivity contribution in [3.05, 3.63) is 11.6 Å². The first kappa shape index (κ1) is 20.0. The Morgan fingerprint density at radius 2 is 1.33 bits per heavy atom. The Balaban J connectivity index is 1.34. The Labute approximate surface area is 152 Å². The van der Waals surface area contributed by atoms with Crippen LogP contribution in [0.15, 0.2) is 11.6 Å². The highest BCUT2D eigenvalue weighted by atomic mass is 15.2. The van der Waals surface area contributed by atoms with Gasteiger partial charge in [0.25, 0.3) is 0 Å². The topological polar surface area (TPSA) is 3.24 Å². The van der Waals surface area contributed by atoms with E-state index in [0.717, 1.165) is 12.1 Å². The second-order valence-corrected chi connectivity index (χ2v) is 8.49. The molecule has 140 valence electrons. The normalized spacial score (nSPS) is 23.7. The molecule has 0 amide bonds. The van der Waals surface area contributed by atoms with Crippen LogP contribution in [0.5, 0.6) is 0 Å². The zero-order valence-corrected chi connectivity index (χ0v) is 16.7. The fourth-order valence-electron chi connectivity index (χ4n) is 4.69. The highest BCUT2D eigenvalue weighted by molar-refractivity contribution is 5.17. The van der Waals surface area contributed by atoms with Crippen LogP contribution in [0.2, 0.25) is 0 Å². The molecule has 2 heterocycles. The predicted octanol–water partition coefficient (Wildman–Crippen LogP) is 7.26. The number of fused-ring (bicyclic) bond motifs is 2. The Hall–Kier alpha value is -0.300. The quantitative estimate of drug-likeness (QED) is 0.239. The van der Waals surface area contributed by atoms with E-state index < -0.39 is 0 Å². The molecule has 1 nitrogen and oxygen atoms in total. The minimum Gasteiger partial charge on any atom is -0.297 e. The standard InChI is InChI=1S/C23H43N/c1-3-4-5-6-7-8-9-10-11-12-13-14-15-16-21-19-22-17-18-23(20-21)24(22)2/h19,22-23H,3-18,20H2,1-2H3. The highest BCUT2D eigenvalue weighted by Gasteiger charge is 2.33. The molecule has 2 unspecified atom stereocenters. The molecule has 0 saturated carbocycles. The van der Waals surface area contributed by atoms with Crippen molar-refractivity contribution < 1.29 is 0 Å². The maximum absolute atomic E-state index is 2.60. The zero-order valence-electron chi connectivity index (χ0n) is 16.7. The molecule has 24 heavy (non-hydrogen) atoms. The maximum atomic E-state index is 2.60. The smallest absolute Gasteiger partial charge is 0.0281 e. The summed E-state index contributed by atoms with van der Waals surface area (Å²) >= 11 is 0. The molecule has 1 heteroatoms. The lowest BCUT2D eigenvalue weighted by Crippen LogP contribution is -2.34. The van der Waals surface area contributed by atoms with E-state index in [2.05, 4.69) is 24.9 Å². The molecule has 1 fully saturated rings. The van der Waals surface area contributed by atoms with Crippen molar-refractivity contribution in [1.82, 2.24) is 4.90 Å². The van der Waals surface area contributed by atoms with Gasteiger partial charge in [0.15, 0.2) is 0 Å². The highest BCUT2D eigenvalue weighted by Crippen LogP contribution is 2.35. The monoisotopic (exact) mass is 333 g/mol. The summed E-state index contributed by atoms with van der Waals surface area (Å²) in [7, 11) is 2.32. The fraction of sp³-hybridized carbons (Fsp3) is 0.913. The summed E-state index contributed by atoms with van der Waals surface area (Å²) in [6.45, 7) is 2.30. The van der Waals surface area contributed by atoms with Crippen LogP contribution >= 0.6 is 0 Å². The van der Waals surface area contributed by atoms with Gasteiger partial charge in [0.05, 0.1) is 0 Å². The molecular weight excluding hydrogens is 290 g/mol. The van der Waals surface area contributed by atoms with E-state index in [0.29, 0.717) is 0 Å². The fourth-order valence-corrected chi connectivity index (χ4v) is 4.69. The third-order valence-corrected chi connectivity index (χ3v) is 6.42.